The molecule has 20 heavy (non-hydrogen) atoms. The van der Waals surface area contributed by atoms with E-state index in [2.05, 4.69) is 9.97 Å². The SMILES string of the molecule is CC(C)(C)c1nc(N)cc(-c2ccc(F)c(F)c2F)n1. The monoisotopic (exact) mass is 281 g/mol. The van der Waals surface area contributed by atoms with E-state index in [1.807, 2.05) is 20.8 Å². The second kappa shape index (κ2) is 4.77. The molecule has 1 aromatic heterocycles. The Bertz CT molecular complexity index is 663. The quantitative estimate of drug-likeness (QED) is 0.815. The molecule has 0 saturated carbocycles. The molecule has 0 amide bonds. The van der Waals surface area contributed by atoms with Crippen LogP contribution in [0.3, 0.4) is 0 Å². The number of hydrogen-bond donors (Lipinski definition) is 1. The van der Waals surface area contributed by atoms with Crippen LogP contribution in [0.5, 0.6) is 0 Å². The average molecular weight is 281 g/mol. The number of nitrogens with zero attached hydrogens (tertiary/aromatic N) is 2. The molecule has 1 aromatic carbocycles. The Morgan fingerprint density at radius 3 is 2.25 bits per heavy atom. The minimum absolute atomic E-state index is 0.124. The smallest absolute Gasteiger partial charge is 0.195 e. The Morgan fingerprint density at radius 1 is 1.00 bits per heavy atom. The molecule has 0 unspecified atom stereocenters. The standard InChI is InChI=1S/C14H14F3N3/c1-14(2,3)13-19-9(6-10(18)20-13)7-4-5-8(15)12(17)11(7)16/h4-6H,1-3H3,(H2,18,19,20). The maximum atomic E-state index is 13.8. The molecule has 0 saturated heterocycles. The first-order valence-corrected chi connectivity index (χ1v) is 5.99. The van der Waals surface area contributed by atoms with Crippen molar-refractivity contribution in [2.24, 2.45) is 0 Å². The highest BCUT2D eigenvalue weighted by molar-refractivity contribution is 5.63. The van der Waals surface area contributed by atoms with Crippen molar-refractivity contribution < 1.29 is 13.2 Å². The highest BCUT2D eigenvalue weighted by Crippen LogP contribution is 2.28. The van der Waals surface area contributed by atoms with Gasteiger partial charge in [-0.1, -0.05) is 20.8 Å². The third kappa shape index (κ3) is 2.59. The molecular formula is C14H14F3N3. The lowest BCUT2D eigenvalue weighted by Gasteiger charge is -2.18. The van der Waals surface area contributed by atoms with Crippen molar-refractivity contribution in [3.63, 3.8) is 0 Å². The van der Waals surface area contributed by atoms with E-state index < -0.39 is 22.9 Å². The number of benzene rings is 1. The van der Waals surface area contributed by atoms with E-state index in [0.717, 1.165) is 12.1 Å². The van der Waals surface area contributed by atoms with Crippen molar-refractivity contribution in [1.82, 2.24) is 9.97 Å². The van der Waals surface area contributed by atoms with E-state index in [9.17, 15) is 13.2 Å². The topological polar surface area (TPSA) is 51.8 Å². The van der Waals surface area contributed by atoms with Gasteiger partial charge in [0.05, 0.1) is 5.69 Å². The fourth-order valence-electron chi connectivity index (χ4n) is 1.66. The van der Waals surface area contributed by atoms with Crippen molar-refractivity contribution in [2.75, 3.05) is 5.73 Å². The van der Waals surface area contributed by atoms with Gasteiger partial charge in [-0.25, -0.2) is 23.1 Å². The van der Waals surface area contributed by atoms with E-state index in [1.165, 1.54) is 6.07 Å². The summed E-state index contributed by atoms with van der Waals surface area (Å²) in [6.45, 7) is 5.60. The van der Waals surface area contributed by atoms with Crippen molar-refractivity contribution in [2.45, 2.75) is 26.2 Å². The maximum Gasteiger partial charge on any atom is 0.195 e. The van der Waals surface area contributed by atoms with Crippen molar-refractivity contribution in [3.05, 3.63) is 41.5 Å². The van der Waals surface area contributed by atoms with Gasteiger partial charge in [0.15, 0.2) is 17.5 Å². The summed E-state index contributed by atoms with van der Waals surface area (Å²) < 4.78 is 40.0. The van der Waals surface area contributed by atoms with Gasteiger partial charge in [-0.3, -0.25) is 0 Å². The molecule has 0 atom stereocenters. The molecule has 1 heterocycles. The number of anilines is 1. The summed E-state index contributed by atoms with van der Waals surface area (Å²) in [5.74, 6) is -3.52. The van der Waals surface area contributed by atoms with E-state index in [4.69, 9.17) is 5.73 Å². The van der Waals surface area contributed by atoms with Gasteiger partial charge in [-0.15, -0.1) is 0 Å². The fraction of sp³-hybridized carbons (Fsp3) is 0.286. The Morgan fingerprint density at radius 2 is 1.65 bits per heavy atom. The molecule has 0 spiro atoms. The summed E-state index contributed by atoms with van der Waals surface area (Å²) in [5.41, 5.74) is 5.24. The number of aromatic nitrogens is 2. The van der Waals surface area contributed by atoms with Gasteiger partial charge in [0.1, 0.15) is 11.6 Å². The van der Waals surface area contributed by atoms with Crippen LogP contribution in [0.1, 0.15) is 26.6 Å². The zero-order valence-electron chi connectivity index (χ0n) is 11.3. The second-order valence-corrected chi connectivity index (χ2v) is 5.47. The van der Waals surface area contributed by atoms with Crippen LogP contribution in [0.4, 0.5) is 19.0 Å². The normalized spacial score (nSPS) is 11.7. The van der Waals surface area contributed by atoms with Gasteiger partial charge in [0.2, 0.25) is 0 Å². The number of halogens is 3. The third-order valence-electron chi connectivity index (χ3n) is 2.73. The molecular weight excluding hydrogens is 267 g/mol. The molecule has 106 valence electrons. The fourth-order valence-corrected chi connectivity index (χ4v) is 1.66. The minimum atomic E-state index is -1.53. The molecule has 3 nitrogen and oxygen atoms in total. The zero-order valence-corrected chi connectivity index (χ0v) is 11.3. The van der Waals surface area contributed by atoms with Crippen molar-refractivity contribution >= 4 is 5.82 Å². The molecule has 0 fully saturated rings. The summed E-state index contributed by atoms with van der Waals surface area (Å²) in [6, 6.07) is 3.30. The van der Waals surface area contributed by atoms with E-state index >= 15 is 0 Å². The van der Waals surface area contributed by atoms with Crippen LogP contribution in [0, 0.1) is 17.5 Å². The molecule has 0 bridgehead atoms. The number of rotatable bonds is 1. The van der Waals surface area contributed by atoms with Gasteiger partial charge < -0.3 is 5.73 Å². The van der Waals surface area contributed by atoms with Crippen LogP contribution in [0.15, 0.2) is 18.2 Å². The summed E-state index contributed by atoms with van der Waals surface area (Å²) >= 11 is 0. The van der Waals surface area contributed by atoms with Crippen LogP contribution in [0.2, 0.25) is 0 Å². The van der Waals surface area contributed by atoms with Crippen LogP contribution in [0.25, 0.3) is 11.3 Å². The molecule has 0 aliphatic rings. The van der Waals surface area contributed by atoms with Gasteiger partial charge in [0, 0.05) is 17.0 Å². The first kappa shape index (κ1) is 14.3. The lowest BCUT2D eigenvalue weighted by Crippen LogP contribution is -2.17. The number of nitrogens with two attached hydrogens (primary N) is 1. The second-order valence-electron chi connectivity index (χ2n) is 5.47. The van der Waals surface area contributed by atoms with Gasteiger partial charge in [-0.2, -0.15) is 0 Å². The predicted molar refractivity (Wildman–Crippen MR) is 70.5 cm³/mol. The highest BCUT2D eigenvalue weighted by atomic mass is 19.2. The molecule has 2 rings (SSSR count). The Kier molecular flexibility index (Phi) is 3.41. The number of hydrogen-bond acceptors (Lipinski definition) is 3. The predicted octanol–water partition coefficient (Wildman–Crippen LogP) is 3.44. The Hall–Kier alpha value is -2.11. The first-order chi connectivity index (χ1) is 9.20. The van der Waals surface area contributed by atoms with Gasteiger partial charge in [0.25, 0.3) is 0 Å². The lowest BCUT2D eigenvalue weighted by atomic mass is 9.95. The Labute approximate surface area is 114 Å². The Balaban J connectivity index is 2.65. The molecule has 6 heteroatoms. The summed E-state index contributed by atoms with van der Waals surface area (Å²) in [4.78, 5) is 8.26. The largest absolute Gasteiger partial charge is 0.384 e. The van der Waals surface area contributed by atoms with Crippen molar-refractivity contribution in [1.29, 1.82) is 0 Å². The molecule has 0 radical (unpaired) electrons. The maximum absolute atomic E-state index is 13.8. The van der Waals surface area contributed by atoms with Crippen molar-refractivity contribution in [3.8, 4) is 11.3 Å². The first-order valence-electron chi connectivity index (χ1n) is 5.99. The molecule has 0 aliphatic heterocycles. The van der Waals surface area contributed by atoms with E-state index in [1.54, 1.807) is 0 Å². The molecule has 2 N–H and O–H groups in total. The van der Waals surface area contributed by atoms with Gasteiger partial charge in [-0.05, 0) is 12.1 Å². The van der Waals surface area contributed by atoms with Crippen LogP contribution in [-0.2, 0) is 5.41 Å². The molecule has 2 aromatic rings. The summed E-state index contributed by atoms with van der Waals surface area (Å²) in [7, 11) is 0. The van der Waals surface area contributed by atoms with Gasteiger partial charge >= 0.3 is 0 Å². The molecule has 0 aliphatic carbocycles. The minimum Gasteiger partial charge on any atom is -0.384 e. The lowest BCUT2D eigenvalue weighted by molar-refractivity contribution is 0.448. The van der Waals surface area contributed by atoms with Crippen LogP contribution >= 0.6 is 0 Å². The van der Waals surface area contributed by atoms with E-state index in [-0.39, 0.29) is 17.1 Å². The third-order valence-corrected chi connectivity index (χ3v) is 2.73. The number of nitrogen functional groups attached to an aromatic ring is 1. The average Bonchev–Trinajstić information content (AvgIpc) is 2.34. The van der Waals surface area contributed by atoms with E-state index in [0.29, 0.717) is 5.82 Å². The summed E-state index contributed by atoms with van der Waals surface area (Å²) in [6.07, 6.45) is 0. The highest BCUT2D eigenvalue weighted by Gasteiger charge is 2.21. The summed E-state index contributed by atoms with van der Waals surface area (Å²) in [5, 5.41) is 0. The van der Waals surface area contributed by atoms with Crippen LogP contribution < -0.4 is 5.73 Å². The van der Waals surface area contributed by atoms with Crippen LogP contribution in [-0.4, -0.2) is 9.97 Å². The zero-order chi connectivity index (χ0) is 15.1.